The van der Waals surface area contributed by atoms with Crippen molar-refractivity contribution in [3.63, 3.8) is 0 Å². The molecular formula is C21H23N3O4S2. The van der Waals surface area contributed by atoms with Gasteiger partial charge in [-0.05, 0) is 50.2 Å². The number of aromatic nitrogens is 2. The summed E-state index contributed by atoms with van der Waals surface area (Å²) in [4.78, 5) is 13.7. The van der Waals surface area contributed by atoms with Gasteiger partial charge in [0.15, 0.2) is 9.84 Å². The summed E-state index contributed by atoms with van der Waals surface area (Å²) in [5.74, 6) is -0.247. The van der Waals surface area contributed by atoms with Gasteiger partial charge in [0, 0.05) is 21.3 Å². The number of nitrogens with zero attached hydrogens (tertiary/aromatic N) is 2. The molecule has 0 saturated heterocycles. The van der Waals surface area contributed by atoms with Crippen LogP contribution in [-0.2, 0) is 9.84 Å². The summed E-state index contributed by atoms with van der Waals surface area (Å²) in [6.07, 6.45) is 0. The molecule has 0 aliphatic rings. The molecule has 2 aromatic carbocycles. The minimum atomic E-state index is -3.43. The summed E-state index contributed by atoms with van der Waals surface area (Å²) in [6, 6.07) is 13.5. The zero-order valence-corrected chi connectivity index (χ0v) is 18.8. The average Bonchev–Trinajstić information content (AvgIpc) is 3.16. The molecule has 1 amide bonds. The van der Waals surface area contributed by atoms with Gasteiger partial charge in [-0.2, -0.15) is 0 Å². The van der Waals surface area contributed by atoms with Crippen molar-refractivity contribution in [2.45, 2.75) is 48.0 Å². The second kappa shape index (κ2) is 9.01. The minimum absolute atomic E-state index is 0.0611. The first kappa shape index (κ1) is 22.0. The first-order valence-corrected chi connectivity index (χ1v) is 11.9. The van der Waals surface area contributed by atoms with E-state index >= 15 is 0 Å². The summed E-state index contributed by atoms with van der Waals surface area (Å²) in [6.45, 7) is 7.41. The number of anilines is 1. The Morgan fingerprint density at radius 2 is 1.77 bits per heavy atom. The Bertz CT molecular complexity index is 1150. The molecule has 1 N–H and O–H groups in total. The van der Waals surface area contributed by atoms with Crippen molar-refractivity contribution in [1.82, 2.24) is 10.2 Å². The molecule has 0 spiro atoms. The number of amides is 1. The van der Waals surface area contributed by atoms with E-state index in [4.69, 9.17) is 4.42 Å². The first-order valence-electron chi connectivity index (χ1n) is 9.42. The lowest BCUT2D eigenvalue weighted by molar-refractivity contribution is 0.102. The van der Waals surface area contributed by atoms with Crippen molar-refractivity contribution >= 4 is 33.5 Å². The van der Waals surface area contributed by atoms with Gasteiger partial charge in [0.05, 0.1) is 10.1 Å². The van der Waals surface area contributed by atoms with E-state index in [2.05, 4.69) is 29.4 Å². The van der Waals surface area contributed by atoms with Crippen LogP contribution >= 0.6 is 11.8 Å². The summed E-state index contributed by atoms with van der Waals surface area (Å²) in [5, 5.41) is 10.2. The summed E-state index contributed by atoms with van der Waals surface area (Å²) in [7, 11) is -3.43. The third kappa shape index (κ3) is 5.09. The average molecular weight is 446 g/mol. The zero-order valence-electron chi connectivity index (χ0n) is 17.1. The van der Waals surface area contributed by atoms with Gasteiger partial charge in [-0.15, -0.1) is 16.9 Å². The third-order valence-electron chi connectivity index (χ3n) is 4.14. The minimum Gasteiger partial charge on any atom is -0.403 e. The Kier molecular flexibility index (Phi) is 6.62. The maximum absolute atomic E-state index is 12.5. The molecule has 0 fully saturated rings. The molecule has 9 heteroatoms. The van der Waals surface area contributed by atoms with Crippen molar-refractivity contribution < 1.29 is 17.6 Å². The molecule has 0 aliphatic heterocycles. The molecule has 3 rings (SSSR count). The van der Waals surface area contributed by atoms with Gasteiger partial charge in [0.2, 0.25) is 5.89 Å². The highest BCUT2D eigenvalue weighted by Crippen LogP contribution is 2.26. The number of carbonyl (C=O) groups is 1. The van der Waals surface area contributed by atoms with Crippen LogP contribution in [0.5, 0.6) is 0 Å². The fourth-order valence-corrected chi connectivity index (χ4v) is 4.62. The van der Waals surface area contributed by atoms with Gasteiger partial charge in [-0.1, -0.05) is 31.1 Å². The second-order valence-electron chi connectivity index (χ2n) is 7.18. The van der Waals surface area contributed by atoms with Gasteiger partial charge < -0.3 is 4.42 Å². The lowest BCUT2D eigenvalue weighted by Gasteiger charge is -2.08. The second-order valence-corrected chi connectivity index (χ2v) is 11.3. The molecule has 30 heavy (non-hydrogen) atoms. The van der Waals surface area contributed by atoms with Crippen LogP contribution in [0, 0.1) is 0 Å². The van der Waals surface area contributed by atoms with E-state index < -0.39 is 15.1 Å². The number of rotatable bonds is 7. The first-order chi connectivity index (χ1) is 14.2. The van der Waals surface area contributed by atoms with Crippen LogP contribution in [0.15, 0.2) is 62.7 Å². The number of sulfone groups is 1. The molecule has 0 saturated carbocycles. The molecule has 1 heterocycles. The molecule has 0 aliphatic carbocycles. The van der Waals surface area contributed by atoms with Crippen LogP contribution in [0.2, 0.25) is 0 Å². The number of benzene rings is 2. The van der Waals surface area contributed by atoms with Crippen molar-refractivity contribution in [2.75, 3.05) is 5.32 Å². The van der Waals surface area contributed by atoms with Gasteiger partial charge in [-0.25, -0.2) is 8.42 Å². The Balaban J connectivity index is 1.78. The van der Waals surface area contributed by atoms with Gasteiger partial charge in [0.1, 0.15) is 0 Å². The van der Waals surface area contributed by atoms with Crippen molar-refractivity contribution in [3.8, 4) is 11.5 Å². The predicted molar refractivity (Wildman–Crippen MR) is 117 cm³/mol. The lowest BCUT2D eigenvalue weighted by Crippen LogP contribution is -2.13. The van der Waals surface area contributed by atoms with Gasteiger partial charge in [0.25, 0.3) is 5.91 Å². The maximum Gasteiger partial charge on any atom is 0.322 e. The molecule has 158 valence electrons. The third-order valence-corrected chi connectivity index (χ3v) is 7.29. The highest BCUT2D eigenvalue weighted by molar-refractivity contribution is 7.99. The number of nitrogens with one attached hydrogen (secondary N) is 1. The smallest absolute Gasteiger partial charge is 0.322 e. The molecule has 3 aromatic rings. The normalized spacial score (nSPS) is 11.8. The highest BCUT2D eigenvalue weighted by atomic mass is 32.2. The molecule has 7 nitrogen and oxygen atoms in total. The summed E-state index contributed by atoms with van der Waals surface area (Å²) >= 11 is 1.66. The van der Waals surface area contributed by atoms with Crippen LogP contribution < -0.4 is 5.32 Å². The quantitative estimate of drug-likeness (QED) is 0.527. The fraction of sp³-hybridized carbons (Fsp3) is 0.286. The van der Waals surface area contributed by atoms with E-state index in [1.165, 1.54) is 12.1 Å². The molecule has 1 aromatic heterocycles. The Morgan fingerprint density at radius 3 is 2.47 bits per heavy atom. The Labute approximate surface area is 180 Å². The topological polar surface area (TPSA) is 102 Å². The number of carbonyl (C=O) groups excluding carboxylic acids is 1. The van der Waals surface area contributed by atoms with E-state index in [0.717, 1.165) is 4.90 Å². The molecule has 0 radical (unpaired) electrons. The Hall–Kier alpha value is -2.65. The Morgan fingerprint density at radius 1 is 1.03 bits per heavy atom. The largest absolute Gasteiger partial charge is 0.403 e. The van der Waals surface area contributed by atoms with E-state index in [1.54, 1.807) is 49.9 Å². The van der Waals surface area contributed by atoms with E-state index in [9.17, 15) is 13.2 Å². The highest BCUT2D eigenvalue weighted by Gasteiger charge is 2.21. The fourth-order valence-electron chi connectivity index (χ4n) is 2.62. The lowest BCUT2D eigenvalue weighted by atomic mass is 10.2. The van der Waals surface area contributed by atoms with Crippen LogP contribution in [-0.4, -0.2) is 35.0 Å². The van der Waals surface area contributed by atoms with E-state index in [1.807, 2.05) is 12.1 Å². The molecule has 0 unspecified atom stereocenters. The predicted octanol–water partition coefficient (Wildman–Crippen LogP) is 4.67. The van der Waals surface area contributed by atoms with Crippen LogP contribution in [0.4, 0.5) is 6.01 Å². The maximum atomic E-state index is 12.5. The monoisotopic (exact) mass is 445 g/mol. The standard InChI is InChI=1S/C21H23N3O4S2/c1-13(2)29-17-9-5-7-15(11-17)19(25)22-21-24-23-20(28-21)16-8-6-10-18(12-16)30(26,27)14(3)4/h5-14H,1-4H3,(H,22,24,25). The van der Waals surface area contributed by atoms with Crippen molar-refractivity contribution in [3.05, 3.63) is 54.1 Å². The SMILES string of the molecule is CC(C)Sc1cccc(C(=O)Nc2nnc(-c3cccc(S(=O)(=O)C(C)C)c3)o2)c1. The van der Waals surface area contributed by atoms with Crippen LogP contribution in [0.1, 0.15) is 38.1 Å². The van der Waals surface area contributed by atoms with Gasteiger partial charge in [-0.3, -0.25) is 10.1 Å². The molecular weight excluding hydrogens is 422 g/mol. The van der Waals surface area contributed by atoms with Crippen molar-refractivity contribution in [2.24, 2.45) is 0 Å². The zero-order chi connectivity index (χ0) is 21.9. The van der Waals surface area contributed by atoms with Crippen molar-refractivity contribution in [1.29, 1.82) is 0 Å². The van der Waals surface area contributed by atoms with Gasteiger partial charge >= 0.3 is 6.01 Å². The molecule has 0 bridgehead atoms. The number of hydrogen-bond acceptors (Lipinski definition) is 7. The number of thioether (sulfide) groups is 1. The number of hydrogen-bond donors (Lipinski definition) is 1. The molecule has 0 atom stereocenters. The summed E-state index contributed by atoms with van der Waals surface area (Å²) in [5.41, 5.74) is 0.936. The van der Waals surface area contributed by atoms with E-state index in [-0.39, 0.29) is 22.7 Å². The summed E-state index contributed by atoms with van der Waals surface area (Å²) < 4.78 is 30.3. The van der Waals surface area contributed by atoms with E-state index in [0.29, 0.717) is 16.4 Å². The van der Waals surface area contributed by atoms with Crippen LogP contribution in [0.25, 0.3) is 11.5 Å². The van der Waals surface area contributed by atoms with Crippen LogP contribution in [0.3, 0.4) is 0 Å².